The predicted molar refractivity (Wildman–Crippen MR) is 81.4 cm³/mol. The Hall–Kier alpha value is -0.530. The molecule has 1 aliphatic rings. The van der Waals surface area contributed by atoms with E-state index in [1.165, 1.54) is 37.7 Å². The standard InChI is InChI=1S/C16H25N.ClH/c1-3-17(4-2)16(13-9-6-10-14-16)15-11-7-5-8-12-15;/h5,7-8,11-12H,3-4,6,9-10,13-14H2,1-2H3;1H. The van der Waals surface area contributed by atoms with Crippen LogP contribution in [0.5, 0.6) is 0 Å². The van der Waals surface area contributed by atoms with Crippen molar-refractivity contribution in [2.45, 2.75) is 51.5 Å². The summed E-state index contributed by atoms with van der Waals surface area (Å²) in [6.45, 7) is 6.91. The molecule has 102 valence electrons. The van der Waals surface area contributed by atoms with Crippen molar-refractivity contribution in [1.82, 2.24) is 4.90 Å². The molecule has 1 nitrogen and oxygen atoms in total. The minimum atomic E-state index is 0. The second-order valence-corrected chi connectivity index (χ2v) is 5.13. The average molecular weight is 268 g/mol. The molecule has 0 unspecified atom stereocenters. The Bertz CT molecular complexity index is 326. The molecule has 0 aliphatic heterocycles. The van der Waals surface area contributed by atoms with Gasteiger partial charge in [-0.2, -0.15) is 0 Å². The molecule has 1 aromatic carbocycles. The van der Waals surface area contributed by atoms with Gasteiger partial charge in [0.1, 0.15) is 0 Å². The first-order chi connectivity index (χ1) is 8.33. The normalized spacial score (nSPS) is 18.4. The van der Waals surface area contributed by atoms with E-state index in [1.54, 1.807) is 0 Å². The van der Waals surface area contributed by atoms with E-state index in [9.17, 15) is 0 Å². The van der Waals surface area contributed by atoms with E-state index in [1.807, 2.05) is 0 Å². The summed E-state index contributed by atoms with van der Waals surface area (Å²) in [4.78, 5) is 2.67. The van der Waals surface area contributed by atoms with Gasteiger partial charge in [-0.25, -0.2) is 0 Å². The van der Waals surface area contributed by atoms with Crippen molar-refractivity contribution in [3.8, 4) is 0 Å². The molecule has 1 fully saturated rings. The van der Waals surface area contributed by atoms with E-state index in [2.05, 4.69) is 49.1 Å². The third-order valence-corrected chi connectivity index (χ3v) is 4.36. The van der Waals surface area contributed by atoms with E-state index in [-0.39, 0.29) is 12.4 Å². The van der Waals surface area contributed by atoms with Crippen LogP contribution < -0.4 is 0 Å². The predicted octanol–water partition coefficient (Wildman–Crippen LogP) is 4.61. The van der Waals surface area contributed by atoms with Gasteiger partial charge in [0.2, 0.25) is 0 Å². The third-order valence-electron chi connectivity index (χ3n) is 4.36. The highest BCUT2D eigenvalue weighted by Crippen LogP contribution is 2.41. The minimum Gasteiger partial charge on any atom is -0.294 e. The molecule has 0 aromatic heterocycles. The molecule has 0 amide bonds. The lowest BCUT2D eigenvalue weighted by Crippen LogP contribution is -2.47. The highest BCUT2D eigenvalue weighted by atomic mass is 35.5. The first-order valence-corrected chi connectivity index (χ1v) is 7.14. The monoisotopic (exact) mass is 267 g/mol. The molecule has 0 N–H and O–H groups in total. The molecular formula is C16H26ClN. The molecule has 1 aliphatic carbocycles. The van der Waals surface area contributed by atoms with Gasteiger partial charge in [0.25, 0.3) is 0 Å². The Kier molecular flexibility index (Phi) is 6.17. The van der Waals surface area contributed by atoms with Crippen LogP contribution in [0.3, 0.4) is 0 Å². The molecule has 0 atom stereocenters. The summed E-state index contributed by atoms with van der Waals surface area (Å²) in [6, 6.07) is 11.2. The zero-order valence-corrected chi connectivity index (χ0v) is 12.5. The summed E-state index contributed by atoms with van der Waals surface area (Å²) < 4.78 is 0. The molecule has 0 saturated heterocycles. The number of hydrogen-bond acceptors (Lipinski definition) is 1. The maximum Gasteiger partial charge on any atom is 0.0460 e. The van der Waals surface area contributed by atoms with Crippen molar-refractivity contribution in [2.24, 2.45) is 0 Å². The topological polar surface area (TPSA) is 3.24 Å². The lowest BCUT2D eigenvalue weighted by atomic mass is 9.75. The van der Waals surface area contributed by atoms with Crippen LogP contribution in [-0.4, -0.2) is 18.0 Å². The maximum atomic E-state index is 2.67. The largest absolute Gasteiger partial charge is 0.294 e. The number of halogens is 1. The molecule has 18 heavy (non-hydrogen) atoms. The van der Waals surface area contributed by atoms with Gasteiger partial charge in [-0.05, 0) is 31.5 Å². The Morgan fingerprint density at radius 1 is 0.944 bits per heavy atom. The quantitative estimate of drug-likeness (QED) is 0.770. The van der Waals surface area contributed by atoms with Crippen molar-refractivity contribution in [3.63, 3.8) is 0 Å². The molecule has 2 heteroatoms. The van der Waals surface area contributed by atoms with Crippen LogP contribution in [0, 0.1) is 0 Å². The van der Waals surface area contributed by atoms with E-state index in [0.717, 1.165) is 13.1 Å². The Morgan fingerprint density at radius 3 is 2.00 bits per heavy atom. The van der Waals surface area contributed by atoms with Crippen molar-refractivity contribution in [2.75, 3.05) is 13.1 Å². The summed E-state index contributed by atoms with van der Waals surface area (Å²) >= 11 is 0. The summed E-state index contributed by atoms with van der Waals surface area (Å²) in [7, 11) is 0. The van der Waals surface area contributed by atoms with Gasteiger partial charge in [0.15, 0.2) is 0 Å². The lowest BCUT2D eigenvalue weighted by molar-refractivity contribution is 0.0567. The molecule has 0 spiro atoms. The van der Waals surface area contributed by atoms with Gasteiger partial charge in [0.05, 0.1) is 0 Å². The van der Waals surface area contributed by atoms with Gasteiger partial charge < -0.3 is 0 Å². The number of nitrogens with zero attached hydrogens (tertiary/aromatic N) is 1. The Morgan fingerprint density at radius 2 is 1.50 bits per heavy atom. The van der Waals surface area contributed by atoms with Crippen molar-refractivity contribution < 1.29 is 0 Å². The molecular weight excluding hydrogens is 242 g/mol. The van der Waals surface area contributed by atoms with Crippen LogP contribution in [0.4, 0.5) is 0 Å². The lowest BCUT2D eigenvalue weighted by Gasteiger charge is -2.46. The maximum absolute atomic E-state index is 2.67. The van der Waals surface area contributed by atoms with Crippen LogP contribution in [0.2, 0.25) is 0 Å². The highest BCUT2D eigenvalue weighted by molar-refractivity contribution is 5.85. The molecule has 1 aromatic rings. The third kappa shape index (κ3) is 2.89. The summed E-state index contributed by atoms with van der Waals surface area (Å²) in [5.41, 5.74) is 1.85. The Labute approximate surface area is 118 Å². The Balaban J connectivity index is 0.00000162. The SMILES string of the molecule is CCN(CC)C1(c2ccccc2)CCCCC1.Cl. The summed E-state index contributed by atoms with van der Waals surface area (Å²) in [6.07, 6.45) is 6.84. The fourth-order valence-corrected chi connectivity index (χ4v) is 3.50. The van der Waals surface area contributed by atoms with E-state index >= 15 is 0 Å². The number of hydrogen-bond donors (Lipinski definition) is 0. The van der Waals surface area contributed by atoms with Crippen LogP contribution >= 0.6 is 12.4 Å². The van der Waals surface area contributed by atoms with Crippen LogP contribution in [0.25, 0.3) is 0 Å². The first kappa shape index (κ1) is 15.5. The molecule has 0 bridgehead atoms. The van der Waals surface area contributed by atoms with E-state index in [4.69, 9.17) is 0 Å². The van der Waals surface area contributed by atoms with E-state index < -0.39 is 0 Å². The number of benzene rings is 1. The van der Waals surface area contributed by atoms with Crippen molar-refractivity contribution in [3.05, 3.63) is 35.9 Å². The van der Waals surface area contributed by atoms with Crippen molar-refractivity contribution >= 4 is 12.4 Å². The molecule has 2 rings (SSSR count). The van der Waals surface area contributed by atoms with Gasteiger partial charge >= 0.3 is 0 Å². The average Bonchev–Trinajstić information content (AvgIpc) is 2.42. The van der Waals surface area contributed by atoms with E-state index in [0.29, 0.717) is 5.54 Å². The second-order valence-electron chi connectivity index (χ2n) is 5.13. The van der Waals surface area contributed by atoms with Gasteiger partial charge in [-0.1, -0.05) is 63.4 Å². The van der Waals surface area contributed by atoms with Crippen LogP contribution in [0.15, 0.2) is 30.3 Å². The number of rotatable bonds is 4. The smallest absolute Gasteiger partial charge is 0.0460 e. The van der Waals surface area contributed by atoms with Gasteiger partial charge in [-0.15, -0.1) is 12.4 Å². The zero-order chi connectivity index (χ0) is 12.1. The zero-order valence-electron chi connectivity index (χ0n) is 11.7. The van der Waals surface area contributed by atoms with Crippen molar-refractivity contribution in [1.29, 1.82) is 0 Å². The molecule has 1 saturated carbocycles. The first-order valence-electron chi connectivity index (χ1n) is 7.14. The van der Waals surface area contributed by atoms with Gasteiger partial charge in [-0.3, -0.25) is 4.90 Å². The minimum absolute atomic E-state index is 0. The molecule has 0 radical (unpaired) electrons. The highest BCUT2D eigenvalue weighted by Gasteiger charge is 2.37. The fourth-order valence-electron chi connectivity index (χ4n) is 3.50. The van der Waals surface area contributed by atoms with Crippen LogP contribution in [0.1, 0.15) is 51.5 Å². The summed E-state index contributed by atoms with van der Waals surface area (Å²) in [5.74, 6) is 0. The fraction of sp³-hybridized carbons (Fsp3) is 0.625. The van der Waals surface area contributed by atoms with Gasteiger partial charge in [0, 0.05) is 5.54 Å². The van der Waals surface area contributed by atoms with Crippen LogP contribution in [-0.2, 0) is 5.54 Å². The summed E-state index contributed by atoms with van der Waals surface area (Å²) in [5, 5.41) is 0. The second kappa shape index (κ2) is 7.16. The molecule has 0 heterocycles.